The number of aliphatic hydroxyl groups excluding tert-OH is 2. The standard InChI is InChI=1S/C46H50F2N6O4.C4H10/c1-44(2,3)38(54-43(58)46(6,7)40(56)32-13-9-11-15-34(32)48)41-50-25-36(53-41)30-22-18-28(19-23-30)27-16-20-29(21-17-27)35-24-49-37(52-35)26-51-42(57)45(4,5)39(55)31-12-8-10-14-33(31)47;1-4(2)3/h8-25,38-40,55-56H,26H2,1-7H3,(H,49,52)(H,50,53)(H,51,57)(H,54,58);4H,1-3H3. The Labute approximate surface area is 363 Å². The Morgan fingerprint density at radius 3 is 1.47 bits per heavy atom. The van der Waals surface area contributed by atoms with Crippen molar-refractivity contribution >= 4 is 11.8 Å². The van der Waals surface area contributed by atoms with Crippen LogP contribution in [0.25, 0.3) is 33.6 Å². The van der Waals surface area contributed by atoms with E-state index in [4.69, 9.17) is 0 Å². The number of hydrogen-bond donors (Lipinski definition) is 6. The molecule has 6 rings (SSSR count). The number of imidazole rings is 2. The highest BCUT2D eigenvalue weighted by atomic mass is 19.1. The van der Waals surface area contributed by atoms with Gasteiger partial charge in [-0.2, -0.15) is 0 Å². The van der Waals surface area contributed by atoms with Gasteiger partial charge in [-0.3, -0.25) is 9.59 Å². The monoisotopic (exact) mass is 846 g/mol. The normalized spacial score (nSPS) is 13.5. The average Bonchev–Trinajstić information content (AvgIpc) is 3.92. The lowest BCUT2D eigenvalue weighted by atomic mass is 9.79. The number of nitrogens with one attached hydrogen (secondary N) is 4. The van der Waals surface area contributed by atoms with Crippen molar-refractivity contribution in [1.29, 1.82) is 0 Å². The van der Waals surface area contributed by atoms with E-state index in [0.29, 0.717) is 11.6 Å². The molecule has 6 aromatic rings. The van der Waals surface area contributed by atoms with E-state index in [-0.39, 0.29) is 17.7 Å². The summed E-state index contributed by atoms with van der Waals surface area (Å²) >= 11 is 0. The summed E-state index contributed by atoms with van der Waals surface area (Å²) in [4.78, 5) is 42.4. The summed E-state index contributed by atoms with van der Waals surface area (Å²) in [7, 11) is 0. The van der Waals surface area contributed by atoms with Crippen LogP contribution in [0, 0.1) is 33.8 Å². The van der Waals surface area contributed by atoms with Crippen molar-refractivity contribution in [3.8, 4) is 33.6 Å². The molecule has 328 valence electrons. The molecule has 2 aromatic heterocycles. The van der Waals surface area contributed by atoms with Crippen LogP contribution in [0.15, 0.2) is 109 Å². The molecule has 3 atom stereocenters. The van der Waals surface area contributed by atoms with Crippen molar-refractivity contribution in [3.05, 3.63) is 144 Å². The Balaban J connectivity index is 0.00000174. The minimum absolute atomic E-state index is 0.0598. The summed E-state index contributed by atoms with van der Waals surface area (Å²) in [5.74, 6) is -0.109. The third-order valence-electron chi connectivity index (χ3n) is 10.7. The number of halogens is 2. The van der Waals surface area contributed by atoms with Crippen LogP contribution in [0.2, 0.25) is 0 Å². The minimum atomic E-state index is -1.36. The number of carbonyl (C=O) groups is 2. The van der Waals surface area contributed by atoms with Crippen LogP contribution in [-0.4, -0.2) is 42.0 Å². The SMILES string of the molecule is CC(C)(C)C(NC(=O)C(C)(C)C(O)c1ccccc1F)c1ncc(-c2ccc(-c3ccc(-c4cnc(CNC(=O)C(C)(C)C(O)c5ccccc5F)[nH]4)cc3)cc2)[nH]1.CC(C)C. The number of benzene rings is 4. The summed E-state index contributed by atoms with van der Waals surface area (Å²) in [6.07, 6.45) is 0.715. The number of rotatable bonds is 13. The van der Waals surface area contributed by atoms with Crippen LogP contribution in [0.4, 0.5) is 8.78 Å². The molecule has 4 aromatic carbocycles. The van der Waals surface area contributed by atoms with E-state index < -0.39 is 57.9 Å². The Morgan fingerprint density at radius 1 is 0.613 bits per heavy atom. The second-order valence-electron chi connectivity index (χ2n) is 18.6. The van der Waals surface area contributed by atoms with Gasteiger partial charge in [0.15, 0.2) is 0 Å². The molecule has 2 heterocycles. The van der Waals surface area contributed by atoms with Gasteiger partial charge in [0.05, 0.1) is 59.4 Å². The van der Waals surface area contributed by atoms with E-state index in [1.54, 1.807) is 52.2 Å². The van der Waals surface area contributed by atoms with Crippen LogP contribution < -0.4 is 10.6 Å². The topological polar surface area (TPSA) is 156 Å². The van der Waals surface area contributed by atoms with Crippen molar-refractivity contribution in [2.45, 2.75) is 94.0 Å². The molecule has 12 heteroatoms. The van der Waals surface area contributed by atoms with E-state index in [1.165, 1.54) is 36.4 Å². The van der Waals surface area contributed by atoms with Crippen molar-refractivity contribution < 1.29 is 28.6 Å². The number of nitrogens with zero attached hydrogens (tertiary/aromatic N) is 2. The molecule has 0 aliphatic heterocycles. The molecule has 0 saturated heterocycles. The molecule has 0 fully saturated rings. The van der Waals surface area contributed by atoms with Crippen molar-refractivity contribution in [2.24, 2.45) is 22.2 Å². The molecule has 0 saturated carbocycles. The minimum Gasteiger partial charge on any atom is -0.387 e. The Morgan fingerprint density at radius 2 is 1.02 bits per heavy atom. The van der Waals surface area contributed by atoms with Gasteiger partial charge in [0.25, 0.3) is 0 Å². The fourth-order valence-electron chi connectivity index (χ4n) is 6.74. The van der Waals surface area contributed by atoms with Crippen LogP contribution in [0.3, 0.4) is 0 Å². The van der Waals surface area contributed by atoms with Gasteiger partial charge in [0.2, 0.25) is 11.8 Å². The third-order valence-corrected chi connectivity index (χ3v) is 10.7. The molecule has 6 N–H and O–H groups in total. The van der Waals surface area contributed by atoms with E-state index in [1.807, 2.05) is 69.3 Å². The van der Waals surface area contributed by atoms with E-state index in [2.05, 4.69) is 51.3 Å². The van der Waals surface area contributed by atoms with Gasteiger partial charge in [-0.15, -0.1) is 0 Å². The van der Waals surface area contributed by atoms with Crippen molar-refractivity contribution in [1.82, 2.24) is 30.6 Å². The highest BCUT2D eigenvalue weighted by Crippen LogP contribution is 2.39. The summed E-state index contributed by atoms with van der Waals surface area (Å²) in [6.45, 7) is 18.9. The summed E-state index contributed by atoms with van der Waals surface area (Å²) in [6, 6.07) is 27.2. The van der Waals surface area contributed by atoms with Gasteiger partial charge in [-0.1, -0.05) is 126 Å². The van der Waals surface area contributed by atoms with Gasteiger partial charge in [0.1, 0.15) is 23.3 Å². The lowest BCUT2D eigenvalue weighted by Crippen LogP contribution is -2.46. The second kappa shape index (κ2) is 19.4. The first-order valence-corrected chi connectivity index (χ1v) is 20.9. The third kappa shape index (κ3) is 11.1. The number of aromatic amines is 2. The van der Waals surface area contributed by atoms with Crippen LogP contribution in [0.5, 0.6) is 0 Å². The maximum atomic E-state index is 14.5. The predicted octanol–water partition coefficient (Wildman–Crippen LogP) is 10.4. The van der Waals surface area contributed by atoms with Crippen molar-refractivity contribution in [2.75, 3.05) is 0 Å². The zero-order valence-corrected chi connectivity index (χ0v) is 37.3. The number of H-pyrrole nitrogens is 2. The molecular weight excluding hydrogens is 787 g/mol. The summed E-state index contributed by atoms with van der Waals surface area (Å²) < 4.78 is 28.8. The highest BCUT2D eigenvalue weighted by Gasteiger charge is 2.41. The largest absolute Gasteiger partial charge is 0.387 e. The second-order valence-corrected chi connectivity index (χ2v) is 18.6. The Bertz CT molecular complexity index is 2430. The molecule has 0 aliphatic carbocycles. The number of amides is 2. The lowest BCUT2D eigenvalue weighted by molar-refractivity contribution is -0.137. The Hall–Kier alpha value is -5.98. The zero-order chi connectivity index (χ0) is 45.6. The van der Waals surface area contributed by atoms with Gasteiger partial charge < -0.3 is 30.8 Å². The average molecular weight is 847 g/mol. The maximum Gasteiger partial charge on any atom is 0.229 e. The van der Waals surface area contributed by atoms with Crippen LogP contribution in [-0.2, 0) is 16.1 Å². The molecule has 10 nitrogen and oxygen atoms in total. The molecular formula is C50H60F2N6O4. The molecule has 0 radical (unpaired) electrons. The number of carbonyl (C=O) groups excluding carboxylic acids is 2. The fourth-order valence-corrected chi connectivity index (χ4v) is 6.74. The predicted molar refractivity (Wildman–Crippen MR) is 240 cm³/mol. The molecule has 0 bridgehead atoms. The molecule has 3 unspecified atom stereocenters. The lowest BCUT2D eigenvalue weighted by Gasteiger charge is -2.35. The number of aromatic nitrogens is 4. The summed E-state index contributed by atoms with van der Waals surface area (Å²) in [5, 5.41) is 27.7. The number of hydrogen-bond acceptors (Lipinski definition) is 6. The van der Waals surface area contributed by atoms with Gasteiger partial charge in [-0.05, 0) is 73.4 Å². The van der Waals surface area contributed by atoms with E-state index in [0.717, 1.165) is 39.6 Å². The smallest absolute Gasteiger partial charge is 0.229 e. The zero-order valence-electron chi connectivity index (χ0n) is 37.3. The first-order chi connectivity index (χ1) is 29.1. The van der Waals surface area contributed by atoms with Crippen LogP contribution >= 0.6 is 0 Å². The molecule has 0 aliphatic rings. The summed E-state index contributed by atoms with van der Waals surface area (Å²) in [5.41, 5.74) is 2.36. The quantitative estimate of drug-likeness (QED) is 0.0680. The molecule has 0 spiro atoms. The molecule has 62 heavy (non-hydrogen) atoms. The first-order valence-electron chi connectivity index (χ1n) is 20.9. The van der Waals surface area contributed by atoms with E-state index >= 15 is 0 Å². The maximum absolute atomic E-state index is 14.5. The van der Waals surface area contributed by atoms with Gasteiger partial charge >= 0.3 is 0 Å². The molecule has 2 amide bonds. The van der Waals surface area contributed by atoms with Gasteiger partial charge in [-0.25, -0.2) is 18.7 Å². The number of aliphatic hydroxyl groups is 2. The van der Waals surface area contributed by atoms with Gasteiger partial charge in [0, 0.05) is 11.1 Å². The van der Waals surface area contributed by atoms with E-state index in [9.17, 15) is 28.6 Å². The van der Waals surface area contributed by atoms with Crippen LogP contribution in [0.1, 0.15) is 110 Å². The fraction of sp³-hybridized carbons (Fsp3) is 0.360. The highest BCUT2D eigenvalue weighted by molar-refractivity contribution is 5.83. The van der Waals surface area contributed by atoms with Crippen molar-refractivity contribution in [3.63, 3.8) is 0 Å². The Kier molecular flexibility index (Phi) is 14.7. The first kappa shape index (κ1) is 47.1.